The molecule has 1 spiro atoms. The number of likely N-dealkylation sites (tertiary alicyclic amines) is 1. The minimum atomic E-state index is -0.861. The normalized spacial score (nSPS) is 19.2. The van der Waals surface area contributed by atoms with Crippen LogP contribution in [0.5, 0.6) is 0 Å². The Morgan fingerprint density at radius 2 is 1.72 bits per heavy atom. The van der Waals surface area contributed by atoms with E-state index in [9.17, 15) is 14.4 Å². The SMILES string of the molecule is Cc1cc(C)c(NC(=O)CN2C(=O)NC3(CCN(CC(C)C)CC3)C2=O)c(C)c1. The number of benzene rings is 1. The summed E-state index contributed by atoms with van der Waals surface area (Å²) in [5.41, 5.74) is 2.92. The third-order valence-corrected chi connectivity index (χ3v) is 5.82. The summed E-state index contributed by atoms with van der Waals surface area (Å²) >= 11 is 0. The summed E-state index contributed by atoms with van der Waals surface area (Å²) in [7, 11) is 0. The Morgan fingerprint density at radius 1 is 1.14 bits per heavy atom. The molecule has 0 aliphatic carbocycles. The highest BCUT2D eigenvalue weighted by Crippen LogP contribution is 2.30. The molecule has 2 N–H and O–H groups in total. The fourth-order valence-corrected chi connectivity index (χ4v) is 4.49. The second-order valence-corrected chi connectivity index (χ2v) is 8.92. The predicted octanol–water partition coefficient (Wildman–Crippen LogP) is 2.59. The number of carbonyl (C=O) groups excluding carboxylic acids is 3. The van der Waals surface area contributed by atoms with Gasteiger partial charge in [0.2, 0.25) is 5.91 Å². The third kappa shape index (κ3) is 4.45. The highest BCUT2D eigenvalue weighted by Gasteiger charge is 2.52. The molecular weight excluding hydrogens is 368 g/mol. The van der Waals surface area contributed by atoms with Crippen molar-refractivity contribution in [2.45, 2.75) is 53.0 Å². The van der Waals surface area contributed by atoms with Crippen molar-refractivity contribution in [3.8, 4) is 0 Å². The lowest BCUT2D eigenvalue weighted by molar-refractivity contribution is -0.135. The smallest absolute Gasteiger partial charge is 0.324 e. The first-order valence-corrected chi connectivity index (χ1v) is 10.4. The molecule has 2 saturated heterocycles. The van der Waals surface area contributed by atoms with Gasteiger partial charge in [-0.05, 0) is 50.7 Å². The molecule has 2 fully saturated rings. The average Bonchev–Trinajstić information content (AvgIpc) is 2.84. The topological polar surface area (TPSA) is 81.8 Å². The molecule has 4 amide bonds. The first kappa shape index (κ1) is 21.3. The van der Waals surface area contributed by atoms with Crippen molar-refractivity contribution in [1.82, 2.24) is 15.1 Å². The van der Waals surface area contributed by atoms with Gasteiger partial charge in [0.05, 0.1) is 0 Å². The molecule has 7 nitrogen and oxygen atoms in total. The molecule has 0 atom stereocenters. The lowest BCUT2D eigenvalue weighted by Gasteiger charge is -2.37. The zero-order valence-electron chi connectivity index (χ0n) is 18.1. The van der Waals surface area contributed by atoms with E-state index in [0.717, 1.165) is 46.9 Å². The van der Waals surface area contributed by atoms with Crippen LogP contribution in [0, 0.1) is 26.7 Å². The molecule has 0 saturated carbocycles. The fourth-order valence-electron chi connectivity index (χ4n) is 4.49. The standard InChI is InChI=1S/C22H32N4O3/c1-14(2)12-25-8-6-22(7-9-25)20(28)26(21(29)24-22)13-18(27)23-19-16(4)10-15(3)11-17(19)5/h10-11,14H,6-9,12-13H2,1-5H3,(H,23,27)(H,24,29). The fraction of sp³-hybridized carbons (Fsp3) is 0.591. The molecule has 2 aliphatic heterocycles. The molecule has 0 unspecified atom stereocenters. The van der Waals surface area contributed by atoms with Gasteiger partial charge in [-0.2, -0.15) is 0 Å². The Morgan fingerprint density at radius 3 is 2.28 bits per heavy atom. The number of hydrogen-bond acceptors (Lipinski definition) is 4. The molecule has 0 radical (unpaired) electrons. The van der Waals surface area contributed by atoms with Crippen molar-refractivity contribution in [2.75, 3.05) is 31.5 Å². The van der Waals surface area contributed by atoms with E-state index in [1.807, 2.05) is 32.9 Å². The van der Waals surface area contributed by atoms with Crippen molar-refractivity contribution >= 4 is 23.5 Å². The number of urea groups is 1. The van der Waals surface area contributed by atoms with Crippen molar-refractivity contribution < 1.29 is 14.4 Å². The number of aryl methyl sites for hydroxylation is 3. The molecule has 0 aromatic heterocycles. The highest BCUT2D eigenvalue weighted by atomic mass is 16.2. The van der Waals surface area contributed by atoms with Gasteiger partial charge in [-0.15, -0.1) is 0 Å². The number of imide groups is 1. The number of nitrogens with zero attached hydrogens (tertiary/aromatic N) is 2. The van der Waals surface area contributed by atoms with Crippen LogP contribution in [-0.4, -0.2) is 59.4 Å². The molecule has 29 heavy (non-hydrogen) atoms. The van der Waals surface area contributed by atoms with Crippen LogP contribution >= 0.6 is 0 Å². The number of amides is 4. The van der Waals surface area contributed by atoms with Crippen LogP contribution in [-0.2, 0) is 9.59 Å². The van der Waals surface area contributed by atoms with Gasteiger partial charge in [-0.25, -0.2) is 4.79 Å². The molecule has 1 aromatic carbocycles. The summed E-state index contributed by atoms with van der Waals surface area (Å²) in [6, 6.07) is 3.52. The molecule has 0 bridgehead atoms. The maximum absolute atomic E-state index is 13.0. The van der Waals surface area contributed by atoms with E-state index >= 15 is 0 Å². The van der Waals surface area contributed by atoms with E-state index in [2.05, 4.69) is 29.4 Å². The number of carbonyl (C=O) groups is 3. The van der Waals surface area contributed by atoms with Gasteiger partial charge in [0.1, 0.15) is 12.1 Å². The van der Waals surface area contributed by atoms with E-state index < -0.39 is 11.6 Å². The second-order valence-electron chi connectivity index (χ2n) is 8.92. The Kier molecular flexibility index (Phi) is 5.98. The summed E-state index contributed by atoms with van der Waals surface area (Å²) in [6.45, 7) is 12.5. The van der Waals surface area contributed by atoms with Crippen LogP contribution in [0.1, 0.15) is 43.4 Å². The first-order chi connectivity index (χ1) is 13.6. The van der Waals surface area contributed by atoms with Crippen molar-refractivity contribution in [1.29, 1.82) is 0 Å². The second kappa shape index (κ2) is 8.14. The Labute approximate surface area is 172 Å². The number of rotatable bonds is 5. The summed E-state index contributed by atoms with van der Waals surface area (Å²) in [4.78, 5) is 41.5. The third-order valence-electron chi connectivity index (χ3n) is 5.82. The molecular formula is C22H32N4O3. The maximum atomic E-state index is 13.0. The van der Waals surface area contributed by atoms with Crippen molar-refractivity contribution in [3.63, 3.8) is 0 Å². The van der Waals surface area contributed by atoms with E-state index in [1.165, 1.54) is 0 Å². The molecule has 1 aromatic rings. The largest absolute Gasteiger partial charge is 0.325 e. The molecule has 2 heterocycles. The minimum Gasteiger partial charge on any atom is -0.324 e. The first-order valence-electron chi connectivity index (χ1n) is 10.4. The zero-order chi connectivity index (χ0) is 21.3. The van der Waals surface area contributed by atoms with Gasteiger partial charge < -0.3 is 15.5 Å². The van der Waals surface area contributed by atoms with Crippen LogP contribution in [0.2, 0.25) is 0 Å². The summed E-state index contributed by atoms with van der Waals surface area (Å²) in [5, 5.41) is 5.75. The van der Waals surface area contributed by atoms with Crippen molar-refractivity contribution in [3.05, 3.63) is 28.8 Å². The lowest BCUT2D eigenvalue weighted by atomic mass is 9.87. The minimum absolute atomic E-state index is 0.269. The van der Waals surface area contributed by atoms with E-state index in [4.69, 9.17) is 0 Å². The number of nitrogens with one attached hydrogen (secondary N) is 2. The van der Waals surface area contributed by atoms with Gasteiger partial charge in [-0.1, -0.05) is 31.5 Å². The number of hydrogen-bond donors (Lipinski definition) is 2. The van der Waals surface area contributed by atoms with Crippen molar-refractivity contribution in [2.24, 2.45) is 5.92 Å². The van der Waals surface area contributed by atoms with E-state index in [0.29, 0.717) is 18.8 Å². The van der Waals surface area contributed by atoms with Crippen LogP contribution in [0.3, 0.4) is 0 Å². The van der Waals surface area contributed by atoms with Crippen LogP contribution < -0.4 is 10.6 Å². The molecule has 7 heteroatoms. The Balaban J connectivity index is 1.64. The molecule has 158 valence electrons. The Hall–Kier alpha value is -2.41. The molecule has 3 rings (SSSR count). The maximum Gasteiger partial charge on any atom is 0.325 e. The monoisotopic (exact) mass is 400 g/mol. The van der Waals surface area contributed by atoms with Gasteiger partial charge >= 0.3 is 6.03 Å². The van der Waals surface area contributed by atoms with Gasteiger partial charge in [0.15, 0.2) is 0 Å². The quantitative estimate of drug-likeness (QED) is 0.745. The van der Waals surface area contributed by atoms with Crippen LogP contribution in [0.25, 0.3) is 0 Å². The molecule has 2 aliphatic rings. The van der Waals surface area contributed by atoms with E-state index in [-0.39, 0.29) is 18.4 Å². The zero-order valence-corrected chi connectivity index (χ0v) is 18.1. The predicted molar refractivity (Wildman–Crippen MR) is 113 cm³/mol. The summed E-state index contributed by atoms with van der Waals surface area (Å²) in [6.07, 6.45) is 1.16. The number of anilines is 1. The van der Waals surface area contributed by atoms with Gasteiger partial charge in [0, 0.05) is 25.3 Å². The summed E-state index contributed by atoms with van der Waals surface area (Å²) in [5.74, 6) is -0.0798. The van der Waals surface area contributed by atoms with Crippen LogP contribution in [0.4, 0.5) is 10.5 Å². The van der Waals surface area contributed by atoms with E-state index in [1.54, 1.807) is 0 Å². The number of piperidine rings is 1. The van der Waals surface area contributed by atoms with Gasteiger partial charge in [-0.3, -0.25) is 14.5 Å². The van der Waals surface area contributed by atoms with Crippen LogP contribution in [0.15, 0.2) is 12.1 Å². The highest BCUT2D eigenvalue weighted by molar-refractivity contribution is 6.10. The summed E-state index contributed by atoms with van der Waals surface area (Å²) < 4.78 is 0. The average molecular weight is 401 g/mol. The Bertz CT molecular complexity index is 802. The van der Waals surface area contributed by atoms with Gasteiger partial charge in [0.25, 0.3) is 5.91 Å². The lowest BCUT2D eigenvalue weighted by Crippen LogP contribution is -2.55.